The van der Waals surface area contributed by atoms with Gasteiger partial charge in [0.05, 0.1) is 21.1 Å². The van der Waals surface area contributed by atoms with Gasteiger partial charge in [-0.25, -0.2) is 13.7 Å². The fourth-order valence-corrected chi connectivity index (χ4v) is 3.41. The third-order valence-corrected chi connectivity index (χ3v) is 6.17. The van der Waals surface area contributed by atoms with Crippen LogP contribution in [0.2, 0.25) is 0 Å². The highest BCUT2D eigenvalue weighted by Gasteiger charge is 2.56. The Hall–Kier alpha value is -0.930. The molecule has 0 aliphatic rings. The van der Waals surface area contributed by atoms with Gasteiger partial charge in [0, 0.05) is 4.47 Å². The second-order valence-corrected chi connectivity index (χ2v) is 10.6. The van der Waals surface area contributed by atoms with Crippen LogP contribution in [-0.4, -0.2) is 26.2 Å². The molecule has 0 aromatic heterocycles. The summed E-state index contributed by atoms with van der Waals surface area (Å²) in [7, 11) is -1.90. The lowest BCUT2D eigenvalue weighted by Gasteiger charge is -2.39. The molecule has 0 saturated heterocycles. The van der Waals surface area contributed by atoms with Crippen LogP contribution in [0.15, 0.2) is 28.7 Å². The van der Waals surface area contributed by atoms with Crippen LogP contribution >= 0.6 is 15.9 Å². The van der Waals surface area contributed by atoms with Gasteiger partial charge in [-0.2, -0.15) is 13.2 Å². The van der Waals surface area contributed by atoms with E-state index in [4.69, 9.17) is 0 Å². The highest BCUT2D eigenvalue weighted by atomic mass is 79.9. The Morgan fingerprint density at radius 2 is 1.58 bits per heavy atom. The van der Waals surface area contributed by atoms with Crippen LogP contribution < -0.4 is 4.72 Å². The number of carboxylic acid groups (broad SMARTS) is 1. The van der Waals surface area contributed by atoms with Crippen molar-refractivity contribution in [3.8, 4) is 0 Å². The molecular formula is C17H23BrF3NO3S. The number of carbonyl (C=O) groups is 1. The zero-order valence-corrected chi connectivity index (χ0v) is 17.6. The zero-order valence-electron chi connectivity index (χ0n) is 15.2. The quantitative estimate of drug-likeness (QED) is 0.646. The van der Waals surface area contributed by atoms with Crippen LogP contribution in [0.3, 0.4) is 0 Å². The standard InChI is InChI=1S/C17H23BrF3NO3S/c1-14(2,3)26(25)22-16(13(23)24,10-15(4,5)17(19,20)21)11-6-8-12(18)9-7-11/h6-9,22H,10H2,1-5H3,(H,23,24)/t16-,26?/m1/s1. The molecule has 0 saturated carbocycles. The first-order valence-corrected chi connectivity index (χ1v) is 9.73. The summed E-state index contributed by atoms with van der Waals surface area (Å²) in [6, 6.07) is 5.90. The highest BCUT2D eigenvalue weighted by Crippen LogP contribution is 2.46. The van der Waals surface area contributed by atoms with Crippen molar-refractivity contribution in [1.29, 1.82) is 0 Å². The SMILES string of the molecule is CC(C)(C)S(=O)N[C@@](CC(C)(C)C(F)(F)F)(C(=O)O)c1ccc(Br)cc1. The molecule has 0 radical (unpaired) electrons. The molecular weight excluding hydrogens is 435 g/mol. The second-order valence-electron chi connectivity index (χ2n) is 7.76. The zero-order chi connectivity index (χ0) is 20.6. The second kappa shape index (κ2) is 7.59. The van der Waals surface area contributed by atoms with Gasteiger partial charge in [0.2, 0.25) is 0 Å². The summed E-state index contributed by atoms with van der Waals surface area (Å²) in [5.41, 5.74) is -4.39. The first-order chi connectivity index (χ1) is 11.5. The first-order valence-electron chi connectivity index (χ1n) is 7.79. The number of nitrogens with one attached hydrogen (secondary N) is 1. The normalized spacial score (nSPS) is 16.8. The van der Waals surface area contributed by atoms with Gasteiger partial charge in [-0.1, -0.05) is 41.9 Å². The van der Waals surface area contributed by atoms with E-state index in [9.17, 15) is 27.3 Å². The van der Waals surface area contributed by atoms with Crippen molar-refractivity contribution in [3.05, 3.63) is 34.3 Å². The molecule has 0 heterocycles. The summed E-state index contributed by atoms with van der Waals surface area (Å²) in [4.78, 5) is 12.2. The van der Waals surface area contributed by atoms with E-state index in [0.717, 1.165) is 13.8 Å². The van der Waals surface area contributed by atoms with E-state index in [1.165, 1.54) is 24.3 Å². The maximum atomic E-state index is 13.5. The Morgan fingerprint density at radius 1 is 1.12 bits per heavy atom. The smallest absolute Gasteiger partial charge is 0.394 e. The number of alkyl halides is 3. The number of rotatable bonds is 6. The molecule has 1 aromatic rings. The molecule has 4 nitrogen and oxygen atoms in total. The molecule has 1 rings (SSSR count). The lowest BCUT2D eigenvalue weighted by atomic mass is 9.75. The van der Waals surface area contributed by atoms with E-state index < -0.39 is 45.3 Å². The van der Waals surface area contributed by atoms with Crippen LogP contribution in [0.5, 0.6) is 0 Å². The number of carboxylic acids is 1. The Labute approximate surface area is 162 Å². The Bertz CT molecular complexity index is 684. The third kappa shape index (κ3) is 5.07. The minimum Gasteiger partial charge on any atom is -0.480 e. The summed E-state index contributed by atoms with van der Waals surface area (Å²) in [5.74, 6) is -1.52. The van der Waals surface area contributed by atoms with Crippen molar-refractivity contribution in [3.63, 3.8) is 0 Å². The average Bonchev–Trinajstić information content (AvgIpc) is 2.44. The predicted molar refractivity (Wildman–Crippen MR) is 98.9 cm³/mol. The largest absolute Gasteiger partial charge is 0.480 e. The van der Waals surface area contributed by atoms with Gasteiger partial charge in [-0.3, -0.25) is 0 Å². The van der Waals surface area contributed by atoms with Gasteiger partial charge in [0.1, 0.15) is 0 Å². The summed E-state index contributed by atoms with van der Waals surface area (Å²) in [6.45, 7) is 6.70. The first kappa shape index (κ1) is 23.1. The van der Waals surface area contributed by atoms with Gasteiger partial charge < -0.3 is 5.11 Å². The van der Waals surface area contributed by atoms with Crippen molar-refractivity contribution in [2.45, 2.75) is 57.5 Å². The minimum absolute atomic E-state index is 0.100. The van der Waals surface area contributed by atoms with Crippen LogP contribution in [0.4, 0.5) is 13.2 Å². The fourth-order valence-electron chi connectivity index (χ4n) is 2.25. The molecule has 0 aliphatic carbocycles. The van der Waals surface area contributed by atoms with Crippen LogP contribution in [0.1, 0.15) is 46.6 Å². The average molecular weight is 458 g/mol. The van der Waals surface area contributed by atoms with Crippen LogP contribution in [0, 0.1) is 5.41 Å². The molecule has 0 bridgehead atoms. The summed E-state index contributed by atoms with van der Waals surface area (Å²) >= 11 is 3.22. The maximum Gasteiger partial charge on any atom is 0.394 e. The molecule has 26 heavy (non-hydrogen) atoms. The number of hydrogen-bond donors (Lipinski definition) is 2. The number of benzene rings is 1. The van der Waals surface area contributed by atoms with Crippen molar-refractivity contribution in [1.82, 2.24) is 4.72 Å². The molecule has 9 heteroatoms. The van der Waals surface area contributed by atoms with E-state index in [1.54, 1.807) is 20.8 Å². The molecule has 0 aliphatic heterocycles. The molecule has 2 N–H and O–H groups in total. The van der Waals surface area contributed by atoms with E-state index >= 15 is 0 Å². The molecule has 0 spiro atoms. The number of aliphatic carboxylic acids is 1. The third-order valence-electron chi connectivity index (χ3n) is 4.00. The van der Waals surface area contributed by atoms with Gasteiger partial charge >= 0.3 is 12.1 Å². The molecule has 148 valence electrons. The minimum atomic E-state index is -4.63. The summed E-state index contributed by atoms with van der Waals surface area (Å²) < 4.78 is 55.3. The fraction of sp³-hybridized carbons (Fsp3) is 0.588. The topological polar surface area (TPSA) is 66.4 Å². The van der Waals surface area contributed by atoms with Gasteiger partial charge in [-0.05, 0) is 44.9 Å². The Kier molecular flexibility index (Phi) is 6.75. The maximum absolute atomic E-state index is 13.5. The summed E-state index contributed by atoms with van der Waals surface area (Å²) in [5, 5.41) is 9.91. The predicted octanol–water partition coefficient (Wildman–Crippen LogP) is 4.76. The molecule has 0 amide bonds. The Balaban J connectivity index is 3.58. The van der Waals surface area contributed by atoms with Gasteiger partial charge in [0.25, 0.3) is 0 Å². The van der Waals surface area contributed by atoms with Crippen molar-refractivity contribution in [2.24, 2.45) is 5.41 Å². The lowest BCUT2D eigenvalue weighted by molar-refractivity contribution is -0.219. The molecule has 2 atom stereocenters. The molecule has 0 fully saturated rings. The Morgan fingerprint density at radius 3 is 1.92 bits per heavy atom. The van der Waals surface area contributed by atoms with Crippen molar-refractivity contribution < 1.29 is 27.3 Å². The number of hydrogen-bond acceptors (Lipinski definition) is 2. The highest BCUT2D eigenvalue weighted by molar-refractivity contribution is 9.10. The molecule has 1 unspecified atom stereocenters. The van der Waals surface area contributed by atoms with Crippen molar-refractivity contribution in [2.75, 3.05) is 0 Å². The van der Waals surface area contributed by atoms with Crippen LogP contribution in [-0.2, 0) is 21.3 Å². The number of halogens is 4. The van der Waals surface area contributed by atoms with E-state index in [0.29, 0.717) is 4.47 Å². The molecule has 1 aromatic carbocycles. The van der Waals surface area contributed by atoms with Gasteiger partial charge in [0.15, 0.2) is 5.54 Å². The lowest BCUT2D eigenvalue weighted by Crippen LogP contribution is -2.56. The van der Waals surface area contributed by atoms with Gasteiger partial charge in [-0.15, -0.1) is 0 Å². The van der Waals surface area contributed by atoms with E-state index in [-0.39, 0.29) is 5.56 Å². The summed E-state index contributed by atoms with van der Waals surface area (Å²) in [6.07, 6.45) is -5.45. The monoisotopic (exact) mass is 457 g/mol. The van der Waals surface area contributed by atoms with Crippen LogP contribution in [0.25, 0.3) is 0 Å². The van der Waals surface area contributed by atoms with E-state index in [2.05, 4.69) is 20.7 Å². The van der Waals surface area contributed by atoms with Crippen molar-refractivity contribution >= 4 is 32.9 Å². The van der Waals surface area contributed by atoms with E-state index in [1.807, 2.05) is 0 Å².